The summed E-state index contributed by atoms with van der Waals surface area (Å²) >= 11 is 0. The molecule has 1 heterocycles. The number of rotatable bonds is 9. The third kappa shape index (κ3) is 4.50. The molecule has 1 aliphatic heterocycles. The molecule has 0 radical (unpaired) electrons. The number of ether oxygens (including phenoxy) is 4. The topological polar surface area (TPSA) is 86.3 Å². The highest BCUT2D eigenvalue weighted by Gasteiger charge is 2.43. The first-order valence-corrected chi connectivity index (χ1v) is 10.4. The number of nitrogens with zero attached hydrogens (tertiary/aromatic N) is 1. The van der Waals surface area contributed by atoms with Gasteiger partial charge in [0.2, 0.25) is 5.91 Å². The Morgan fingerprint density at radius 2 is 1.66 bits per heavy atom. The molecule has 0 unspecified atom stereocenters. The van der Waals surface area contributed by atoms with Gasteiger partial charge in [-0.15, -0.1) is 0 Å². The molecule has 1 aliphatic rings. The maximum absolute atomic E-state index is 13.5. The smallest absolute Gasteiger partial charge is 0.254 e. The van der Waals surface area contributed by atoms with Gasteiger partial charge in [-0.25, -0.2) is 0 Å². The van der Waals surface area contributed by atoms with E-state index in [2.05, 4.69) is 5.32 Å². The molecule has 0 fully saturated rings. The van der Waals surface area contributed by atoms with Crippen LogP contribution in [0.25, 0.3) is 0 Å². The van der Waals surface area contributed by atoms with Crippen LogP contribution in [0, 0.1) is 0 Å². The third-order valence-electron chi connectivity index (χ3n) is 5.74. The van der Waals surface area contributed by atoms with Crippen LogP contribution in [0.3, 0.4) is 0 Å². The largest absolute Gasteiger partial charge is 0.497 e. The lowest BCUT2D eigenvalue weighted by molar-refractivity contribution is -0.124. The summed E-state index contributed by atoms with van der Waals surface area (Å²) in [4.78, 5) is 28.4. The Kier molecular flexibility index (Phi) is 7.58. The Labute approximate surface area is 188 Å². The van der Waals surface area contributed by atoms with Crippen molar-refractivity contribution in [3.63, 3.8) is 0 Å². The Morgan fingerprint density at radius 3 is 2.25 bits per heavy atom. The zero-order valence-corrected chi connectivity index (χ0v) is 19.1. The van der Waals surface area contributed by atoms with Crippen LogP contribution in [0.15, 0.2) is 36.4 Å². The summed E-state index contributed by atoms with van der Waals surface area (Å²) in [6.45, 7) is 1.02. The first-order chi connectivity index (χ1) is 15.5. The third-order valence-corrected chi connectivity index (χ3v) is 5.74. The van der Waals surface area contributed by atoms with Crippen LogP contribution in [0.1, 0.15) is 39.9 Å². The zero-order valence-electron chi connectivity index (χ0n) is 19.1. The standard InChI is InChI=1S/C24H30N2O6/c1-26-22(15-7-9-16(30-3)10-8-15)21(23(27)25-11-6-12-29-2)17-13-19(31-4)20(32-5)14-18(17)24(26)28/h7-10,13-14,21-22H,6,11-12H2,1-5H3,(H,25,27)/t21-,22-/m1/s1. The van der Waals surface area contributed by atoms with Gasteiger partial charge in [-0.1, -0.05) is 12.1 Å². The molecule has 0 saturated heterocycles. The Bertz CT molecular complexity index is 960. The highest BCUT2D eigenvalue weighted by atomic mass is 16.5. The molecule has 0 spiro atoms. The lowest BCUT2D eigenvalue weighted by atomic mass is 9.79. The van der Waals surface area contributed by atoms with Crippen molar-refractivity contribution in [2.75, 3.05) is 48.6 Å². The van der Waals surface area contributed by atoms with Crippen LogP contribution in [-0.2, 0) is 9.53 Å². The minimum absolute atomic E-state index is 0.172. The first kappa shape index (κ1) is 23.4. The van der Waals surface area contributed by atoms with Gasteiger partial charge in [0, 0.05) is 32.9 Å². The van der Waals surface area contributed by atoms with E-state index in [1.165, 1.54) is 14.2 Å². The number of carbonyl (C=O) groups excluding carboxylic acids is 2. The van der Waals surface area contributed by atoms with Crippen LogP contribution in [-0.4, -0.2) is 65.4 Å². The number of nitrogens with one attached hydrogen (secondary N) is 1. The Hall–Kier alpha value is -3.26. The number of carbonyl (C=O) groups is 2. The highest BCUT2D eigenvalue weighted by Crippen LogP contribution is 2.45. The van der Waals surface area contributed by atoms with Crippen LogP contribution in [0.4, 0.5) is 0 Å². The molecule has 1 N–H and O–H groups in total. The second-order valence-electron chi connectivity index (χ2n) is 7.54. The number of amides is 2. The van der Waals surface area contributed by atoms with Crippen molar-refractivity contribution in [1.29, 1.82) is 0 Å². The van der Waals surface area contributed by atoms with Crippen molar-refractivity contribution in [2.24, 2.45) is 0 Å². The van der Waals surface area contributed by atoms with Crippen molar-refractivity contribution >= 4 is 11.8 Å². The van der Waals surface area contributed by atoms with E-state index in [4.69, 9.17) is 18.9 Å². The predicted octanol–water partition coefficient (Wildman–Crippen LogP) is 2.78. The van der Waals surface area contributed by atoms with E-state index >= 15 is 0 Å². The quantitative estimate of drug-likeness (QED) is 0.601. The van der Waals surface area contributed by atoms with E-state index in [0.717, 1.165) is 5.56 Å². The zero-order chi connectivity index (χ0) is 23.3. The van der Waals surface area contributed by atoms with Crippen molar-refractivity contribution < 1.29 is 28.5 Å². The lowest BCUT2D eigenvalue weighted by Crippen LogP contribution is -2.45. The summed E-state index contributed by atoms with van der Waals surface area (Å²) in [6, 6.07) is 10.3. The fraction of sp³-hybridized carbons (Fsp3) is 0.417. The van der Waals surface area contributed by atoms with Gasteiger partial charge in [-0.3, -0.25) is 9.59 Å². The second kappa shape index (κ2) is 10.4. The minimum atomic E-state index is -0.636. The van der Waals surface area contributed by atoms with E-state index in [1.54, 1.807) is 38.3 Å². The molecule has 2 aromatic carbocycles. The average Bonchev–Trinajstić information content (AvgIpc) is 2.83. The number of methoxy groups -OCH3 is 4. The van der Waals surface area contributed by atoms with Gasteiger partial charge < -0.3 is 29.2 Å². The van der Waals surface area contributed by atoms with Gasteiger partial charge in [0.15, 0.2) is 11.5 Å². The molecule has 0 bridgehead atoms. The summed E-state index contributed by atoms with van der Waals surface area (Å²) < 4.78 is 21.2. The first-order valence-electron chi connectivity index (χ1n) is 10.4. The summed E-state index contributed by atoms with van der Waals surface area (Å²) in [7, 11) is 7.97. The molecule has 8 nitrogen and oxygen atoms in total. The predicted molar refractivity (Wildman–Crippen MR) is 120 cm³/mol. The molecule has 0 aliphatic carbocycles. The minimum Gasteiger partial charge on any atom is -0.497 e. The molecule has 8 heteroatoms. The maximum Gasteiger partial charge on any atom is 0.254 e. The average molecular weight is 443 g/mol. The van der Waals surface area contributed by atoms with E-state index in [-0.39, 0.29) is 11.8 Å². The van der Waals surface area contributed by atoms with Crippen LogP contribution in [0.5, 0.6) is 17.2 Å². The van der Waals surface area contributed by atoms with E-state index < -0.39 is 12.0 Å². The molecule has 2 amide bonds. The molecule has 2 aromatic rings. The van der Waals surface area contributed by atoms with Crippen LogP contribution < -0.4 is 19.5 Å². The monoisotopic (exact) mass is 442 g/mol. The molecule has 3 rings (SSSR count). The fourth-order valence-electron chi connectivity index (χ4n) is 4.09. The number of fused-ring (bicyclic) bond motifs is 1. The number of likely N-dealkylation sites (N-methyl/N-ethyl adjacent to an activating group) is 1. The summed E-state index contributed by atoms with van der Waals surface area (Å²) in [5.41, 5.74) is 1.86. The molecule has 32 heavy (non-hydrogen) atoms. The van der Waals surface area contributed by atoms with Crippen molar-refractivity contribution in [3.8, 4) is 17.2 Å². The molecule has 0 saturated carbocycles. The molecule has 2 atom stereocenters. The van der Waals surface area contributed by atoms with Gasteiger partial charge in [0.25, 0.3) is 5.91 Å². The normalized spacial score (nSPS) is 17.5. The van der Waals surface area contributed by atoms with Gasteiger partial charge >= 0.3 is 0 Å². The van der Waals surface area contributed by atoms with Gasteiger partial charge in [-0.2, -0.15) is 0 Å². The van der Waals surface area contributed by atoms with Crippen molar-refractivity contribution in [3.05, 3.63) is 53.1 Å². The highest BCUT2D eigenvalue weighted by molar-refractivity contribution is 6.02. The van der Waals surface area contributed by atoms with E-state index in [0.29, 0.717) is 47.9 Å². The van der Waals surface area contributed by atoms with E-state index in [1.807, 2.05) is 24.3 Å². The number of hydrogen-bond donors (Lipinski definition) is 1. The second-order valence-corrected chi connectivity index (χ2v) is 7.54. The SMILES string of the molecule is COCCCNC(=O)[C@@H]1c2cc(OC)c(OC)cc2C(=O)N(C)[C@@H]1c1ccc(OC)cc1. The van der Waals surface area contributed by atoms with Crippen molar-refractivity contribution in [2.45, 2.75) is 18.4 Å². The summed E-state index contributed by atoms with van der Waals surface area (Å²) in [6.07, 6.45) is 0.690. The Morgan fingerprint density at radius 1 is 1.00 bits per heavy atom. The van der Waals surface area contributed by atoms with Crippen LogP contribution >= 0.6 is 0 Å². The van der Waals surface area contributed by atoms with Gasteiger partial charge in [0.05, 0.1) is 33.3 Å². The molecular formula is C24H30N2O6. The maximum atomic E-state index is 13.5. The van der Waals surface area contributed by atoms with Gasteiger partial charge in [0.1, 0.15) is 5.75 Å². The van der Waals surface area contributed by atoms with E-state index in [9.17, 15) is 9.59 Å². The lowest BCUT2D eigenvalue weighted by Gasteiger charge is -2.40. The number of benzene rings is 2. The van der Waals surface area contributed by atoms with Gasteiger partial charge in [-0.05, 0) is 41.8 Å². The molecule has 0 aromatic heterocycles. The number of hydrogen-bond acceptors (Lipinski definition) is 6. The summed E-state index contributed by atoms with van der Waals surface area (Å²) in [5, 5.41) is 3.00. The summed E-state index contributed by atoms with van der Waals surface area (Å²) in [5.74, 6) is 0.610. The molecule has 172 valence electrons. The van der Waals surface area contributed by atoms with Crippen LogP contribution in [0.2, 0.25) is 0 Å². The Balaban J connectivity index is 2.10. The van der Waals surface area contributed by atoms with Crippen molar-refractivity contribution in [1.82, 2.24) is 10.2 Å². The molecular weight excluding hydrogens is 412 g/mol. The fourth-order valence-corrected chi connectivity index (χ4v) is 4.09.